The van der Waals surface area contributed by atoms with Crippen LogP contribution in [0, 0.1) is 6.92 Å². The van der Waals surface area contributed by atoms with Crippen LogP contribution >= 0.6 is 0 Å². The van der Waals surface area contributed by atoms with Crippen molar-refractivity contribution < 1.29 is 0 Å². The fraction of sp³-hybridized carbons (Fsp3) is 0.267. The van der Waals surface area contributed by atoms with E-state index in [1.165, 1.54) is 0 Å². The van der Waals surface area contributed by atoms with Gasteiger partial charge in [0.1, 0.15) is 5.82 Å². The minimum absolute atomic E-state index is 0.421. The van der Waals surface area contributed by atoms with Gasteiger partial charge in [-0.3, -0.25) is 4.40 Å². The van der Waals surface area contributed by atoms with Gasteiger partial charge in [-0.2, -0.15) is 0 Å². The van der Waals surface area contributed by atoms with Gasteiger partial charge in [0.25, 0.3) is 0 Å². The molecular weight excluding hydrogens is 264 g/mol. The Morgan fingerprint density at radius 1 is 1.24 bits per heavy atom. The molecule has 6 nitrogen and oxygen atoms in total. The van der Waals surface area contributed by atoms with E-state index in [4.69, 9.17) is 5.73 Å². The molecule has 2 aromatic heterocycles. The summed E-state index contributed by atoms with van der Waals surface area (Å²) < 4.78 is 1.90. The van der Waals surface area contributed by atoms with Gasteiger partial charge in [0.15, 0.2) is 5.82 Å². The summed E-state index contributed by atoms with van der Waals surface area (Å²) in [5.74, 6) is 1.50. The fourth-order valence-corrected chi connectivity index (χ4v) is 2.34. The van der Waals surface area contributed by atoms with Gasteiger partial charge in [-0.25, -0.2) is 4.98 Å². The van der Waals surface area contributed by atoms with Crippen LogP contribution in [-0.4, -0.2) is 26.1 Å². The predicted molar refractivity (Wildman–Crippen MR) is 82.0 cm³/mol. The molecular formula is C15H18N6. The Balaban J connectivity index is 2.04. The monoisotopic (exact) mass is 282 g/mol. The average Bonchev–Trinajstić information content (AvgIpc) is 2.91. The lowest BCUT2D eigenvalue weighted by Gasteiger charge is -2.30. The molecule has 3 rings (SSSR count). The third-order valence-electron chi connectivity index (χ3n) is 3.71. The summed E-state index contributed by atoms with van der Waals surface area (Å²) in [6, 6.07) is 10.1. The second-order valence-corrected chi connectivity index (χ2v) is 5.24. The molecule has 0 aliphatic carbocycles. The van der Waals surface area contributed by atoms with E-state index in [1.807, 2.05) is 35.7 Å². The number of benzene rings is 1. The van der Waals surface area contributed by atoms with Gasteiger partial charge in [0, 0.05) is 18.9 Å². The van der Waals surface area contributed by atoms with E-state index in [9.17, 15) is 0 Å². The van der Waals surface area contributed by atoms with Crippen molar-refractivity contribution in [2.24, 2.45) is 5.73 Å². The number of hydrogen-bond acceptors (Lipinski definition) is 5. The number of fused-ring (bicyclic) bond motifs is 1. The summed E-state index contributed by atoms with van der Waals surface area (Å²) in [6.07, 6.45) is 3.58. The summed E-state index contributed by atoms with van der Waals surface area (Å²) in [7, 11) is 0. The molecule has 0 radical (unpaired) electrons. The molecule has 6 heteroatoms. The number of aryl methyl sites for hydroxylation is 1. The van der Waals surface area contributed by atoms with Crippen LogP contribution in [-0.2, 0) is 5.54 Å². The quantitative estimate of drug-likeness (QED) is 0.761. The SMILES string of the molecule is Cc1nnc2c(NC(C)(CN)c3ccccc3)nccn12. The van der Waals surface area contributed by atoms with E-state index in [0.717, 1.165) is 11.4 Å². The van der Waals surface area contributed by atoms with Crippen molar-refractivity contribution in [1.29, 1.82) is 0 Å². The third kappa shape index (κ3) is 2.34. The molecule has 3 N–H and O–H groups in total. The number of rotatable bonds is 4. The van der Waals surface area contributed by atoms with Crippen LogP contribution in [0.15, 0.2) is 42.7 Å². The standard InChI is InChI=1S/C15H18N6/c1-11-19-20-14-13(17-8-9-21(11)14)18-15(2,10-16)12-6-4-3-5-7-12/h3-9H,10,16H2,1-2H3,(H,17,18). The van der Waals surface area contributed by atoms with Gasteiger partial charge in [-0.15, -0.1) is 10.2 Å². The molecule has 0 saturated heterocycles. The summed E-state index contributed by atoms with van der Waals surface area (Å²) in [4.78, 5) is 4.39. The van der Waals surface area contributed by atoms with Crippen molar-refractivity contribution in [3.8, 4) is 0 Å². The predicted octanol–water partition coefficient (Wildman–Crippen LogP) is 1.72. The maximum Gasteiger partial charge on any atom is 0.203 e. The first-order chi connectivity index (χ1) is 10.1. The largest absolute Gasteiger partial charge is 0.356 e. The smallest absolute Gasteiger partial charge is 0.203 e. The highest BCUT2D eigenvalue weighted by atomic mass is 15.3. The third-order valence-corrected chi connectivity index (χ3v) is 3.71. The number of nitrogens with zero attached hydrogens (tertiary/aromatic N) is 4. The molecule has 3 aromatic rings. The molecule has 21 heavy (non-hydrogen) atoms. The average molecular weight is 282 g/mol. The molecule has 0 spiro atoms. The van der Waals surface area contributed by atoms with Crippen molar-refractivity contribution in [3.05, 3.63) is 54.1 Å². The lowest BCUT2D eigenvalue weighted by atomic mass is 9.92. The maximum atomic E-state index is 6.00. The highest BCUT2D eigenvalue weighted by molar-refractivity contribution is 5.63. The van der Waals surface area contributed by atoms with Crippen LogP contribution in [0.25, 0.3) is 5.65 Å². The number of nitrogens with two attached hydrogens (primary N) is 1. The van der Waals surface area contributed by atoms with Crippen molar-refractivity contribution in [1.82, 2.24) is 19.6 Å². The van der Waals surface area contributed by atoms with E-state index in [0.29, 0.717) is 18.0 Å². The molecule has 0 aliphatic heterocycles. The van der Waals surface area contributed by atoms with Gasteiger partial charge in [-0.05, 0) is 19.4 Å². The molecule has 108 valence electrons. The van der Waals surface area contributed by atoms with Crippen LogP contribution in [0.5, 0.6) is 0 Å². The van der Waals surface area contributed by atoms with E-state index in [2.05, 4.69) is 39.6 Å². The zero-order valence-electron chi connectivity index (χ0n) is 12.1. The van der Waals surface area contributed by atoms with Gasteiger partial charge in [-0.1, -0.05) is 30.3 Å². The van der Waals surface area contributed by atoms with E-state index in [1.54, 1.807) is 6.20 Å². The van der Waals surface area contributed by atoms with Crippen LogP contribution < -0.4 is 11.1 Å². The molecule has 0 amide bonds. The maximum absolute atomic E-state index is 6.00. The molecule has 0 bridgehead atoms. The van der Waals surface area contributed by atoms with Crippen molar-refractivity contribution in [3.63, 3.8) is 0 Å². The Morgan fingerprint density at radius 3 is 2.71 bits per heavy atom. The lowest BCUT2D eigenvalue weighted by Crippen LogP contribution is -2.40. The van der Waals surface area contributed by atoms with E-state index >= 15 is 0 Å². The fourth-order valence-electron chi connectivity index (χ4n) is 2.34. The summed E-state index contributed by atoms with van der Waals surface area (Å²) >= 11 is 0. The second-order valence-electron chi connectivity index (χ2n) is 5.24. The number of aromatic nitrogens is 4. The van der Waals surface area contributed by atoms with Crippen molar-refractivity contribution in [2.45, 2.75) is 19.4 Å². The highest BCUT2D eigenvalue weighted by Gasteiger charge is 2.26. The van der Waals surface area contributed by atoms with Crippen molar-refractivity contribution >= 4 is 11.5 Å². The Bertz CT molecular complexity index is 751. The highest BCUT2D eigenvalue weighted by Crippen LogP contribution is 2.25. The number of nitrogens with one attached hydrogen (secondary N) is 1. The molecule has 1 unspecified atom stereocenters. The molecule has 2 heterocycles. The van der Waals surface area contributed by atoms with E-state index < -0.39 is 5.54 Å². The number of anilines is 1. The van der Waals surface area contributed by atoms with Crippen LogP contribution in [0.1, 0.15) is 18.3 Å². The molecule has 0 aliphatic rings. The zero-order chi connectivity index (χ0) is 14.9. The van der Waals surface area contributed by atoms with Gasteiger partial charge in [0.05, 0.1) is 5.54 Å². The molecule has 1 atom stereocenters. The van der Waals surface area contributed by atoms with Gasteiger partial charge >= 0.3 is 0 Å². The zero-order valence-corrected chi connectivity index (χ0v) is 12.1. The minimum atomic E-state index is -0.421. The first kappa shape index (κ1) is 13.5. The Labute approximate surface area is 123 Å². The summed E-state index contributed by atoms with van der Waals surface area (Å²) in [6.45, 7) is 4.40. The Morgan fingerprint density at radius 2 is 2.00 bits per heavy atom. The Kier molecular flexibility index (Phi) is 3.31. The molecule has 0 fully saturated rings. The number of hydrogen-bond donors (Lipinski definition) is 2. The topological polar surface area (TPSA) is 81.1 Å². The van der Waals surface area contributed by atoms with Gasteiger partial charge < -0.3 is 11.1 Å². The molecule has 1 aromatic carbocycles. The van der Waals surface area contributed by atoms with E-state index in [-0.39, 0.29) is 0 Å². The van der Waals surface area contributed by atoms with Crippen LogP contribution in [0.2, 0.25) is 0 Å². The Hall–Kier alpha value is -2.47. The second kappa shape index (κ2) is 5.14. The summed E-state index contributed by atoms with van der Waals surface area (Å²) in [5.41, 5.74) is 7.39. The normalized spacial score (nSPS) is 14.0. The van der Waals surface area contributed by atoms with Crippen LogP contribution in [0.3, 0.4) is 0 Å². The first-order valence-corrected chi connectivity index (χ1v) is 6.84. The lowest BCUT2D eigenvalue weighted by molar-refractivity contribution is 0.554. The first-order valence-electron chi connectivity index (χ1n) is 6.84. The van der Waals surface area contributed by atoms with Crippen LogP contribution in [0.4, 0.5) is 5.82 Å². The molecule has 0 saturated carbocycles. The van der Waals surface area contributed by atoms with Crippen molar-refractivity contribution in [2.75, 3.05) is 11.9 Å². The minimum Gasteiger partial charge on any atom is -0.356 e. The van der Waals surface area contributed by atoms with Gasteiger partial charge in [0.2, 0.25) is 5.65 Å². The summed E-state index contributed by atoms with van der Waals surface area (Å²) in [5, 5.41) is 11.7.